The lowest BCUT2D eigenvalue weighted by atomic mass is 10.0. The SMILES string of the molecule is C#CC(OC(C#C)c1ccccc1[N+](=O)[O-])c1ccccc1[N+](=O)[O-]. The molecule has 7 heteroatoms. The summed E-state index contributed by atoms with van der Waals surface area (Å²) in [5, 5.41) is 22.3. The molecule has 0 N–H and O–H groups in total. The first-order valence-corrected chi connectivity index (χ1v) is 7.04. The average Bonchev–Trinajstić information content (AvgIpc) is 2.63. The van der Waals surface area contributed by atoms with Crippen LogP contribution in [-0.2, 0) is 4.74 Å². The van der Waals surface area contributed by atoms with Crippen molar-refractivity contribution in [3.63, 3.8) is 0 Å². The Morgan fingerprint density at radius 1 is 0.800 bits per heavy atom. The number of benzene rings is 2. The van der Waals surface area contributed by atoms with Gasteiger partial charge >= 0.3 is 0 Å². The zero-order valence-electron chi connectivity index (χ0n) is 12.9. The number of nitro groups is 2. The zero-order valence-corrected chi connectivity index (χ0v) is 12.9. The van der Waals surface area contributed by atoms with E-state index in [9.17, 15) is 20.2 Å². The summed E-state index contributed by atoms with van der Waals surface area (Å²) in [6.45, 7) is 0. The lowest BCUT2D eigenvalue weighted by Gasteiger charge is -2.18. The second-order valence-electron chi connectivity index (χ2n) is 4.86. The first kappa shape index (κ1) is 17.7. The van der Waals surface area contributed by atoms with Gasteiger partial charge in [-0.2, -0.15) is 0 Å². The molecule has 0 saturated carbocycles. The van der Waals surface area contributed by atoms with Crippen LogP contribution >= 0.6 is 0 Å². The van der Waals surface area contributed by atoms with E-state index in [0.29, 0.717) is 0 Å². The van der Waals surface area contributed by atoms with Crippen molar-refractivity contribution >= 4 is 11.4 Å². The van der Waals surface area contributed by atoms with Crippen LogP contribution in [0.15, 0.2) is 48.5 Å². The number of hydrogen-bond acceptors (Lipinski definition) is 5. The number of hydrogen-bond donors (Lipinski definition) is 0. The zero-order chi connectivity index (χ0) is 18.4. The van der Waals surface area contributed by atoms with E-state index in [1.807, 2.05) is 0 Å². The molecule has 0 aliphatic heterocycles. The standard InChI is InChI=1S/C18H12N2O5/c1-3-17(13-9-5-7-11-15(13)19(21)22)25-18(4-2)14-10-6-8-12-16(14)20(23)24/h1-2,5-12,17-18H. The Morgan fingerprint density at radius 3 is 1.48 bits per heavy atom. The molecule has 2 aromatic carbocycles. The van der Waals surface area contributed by atoms with Crippen molar-refractivity contribution in [1.82, 2.24) is 0 Å². The summed E-state index contributed by atoms with van der Waals surface area (Å²) in [5.41, 5.74) is -0.143. The summed E-state index contributed by atoms with van der Waals surface area (Å²) in [7, 11) is 0. The van der Waals surface area contributed by atoms with Crippen molar-refractivity contribution in [3.05, 3.63) is 79.9 Å². The van der Waals surface area contributed by atoms with Crippen molar-refractivity contribution in [2.45, 2.75) is 12.2 Å². The molecule has 124 valence electrons. The van der Waals surface area contributed by atoms with E-state index >= 15 is 0 Å². The molecule has 0 radical (unpaired) electrons. The monoisotopic (exact) mass is 336 g/mol. The summed E-state index contributed by atoms with van der Waals surface area (Å²) in [5.74, 6) is 4.61. The van der Waals surface area contributed by atoms with Gasteiger partial charge in [-0.25, -0.2) is 0 Å². The van der Waals surface area contributed by atoms with E-state index in [2.05, 4.69) is 11.8 Å². The maximum absolute atomic E-state index is 11.2. The van der Waals surface area contributed by atoms with Crippen LogP contribution in [0.4, 0.5) is 11.4 Å². The lowest BCUT2D eigenvalue weighted by molar-refractivity contribution is -0.386. The highest BCUT2D eigenvalue weighted by atomic mass is 16.6. The Bertz CT molecular complexity index is 821. The number of nitro benzene ring substituents is 2. The van der Waals surface area contributed by atoms with Gasteiger partial charge in [-0.05, 0) is 12.1 Å². The van der Waals surface area contributed by atoms with Gasteiger partial charge in [0.2, 0.25) is 0 Å². The molecule has 25 heavy (non-hydrogen) atoms. The van der Waals surface area contributed by atoms with Gasteiger partial charge in [0.25, 0.3) is 11.4 Å². The quantitative estimate of drug-likeness (QED) is 0.456. The van der Waals surface area contributed by atoms with Crippen LogP contribution in [0.1, 0.15) is 23.3 Å². The van der Waals surface area contributed by atoms with Gasteiger partial charge in [-0.3, -0.25) is 20.2 Å². The molecule has 0 aliphatic carbocycles. The van der Waals surface area contributed by atoms with Gasteiger partial charge in [0.15, 0.2) is 12.2 Å². The molecule has 2 unspecified atom stereocenters. The molecule has 0 spiro atoms. The number of ether oxygens (including phenoxy) is 1. The highest BCUT2D eigenvalue weighted by molar-refractivity contribution is 5.46. The Hall–Kier alpha value is -3.68. The number of terminal acetylenes is 2. The minimum absolute atomic E-state index is 0.147. The van der Waals surface area contributed by atoms with Crippen molar-refractivity contribution in [1.29, 1.82) is 0 Å². The van der Waals surface area contributed by atoms with E-state index in [0.717, 1.165) is 0 Å². The van der Waals surface area contributed by atoms with Crippen LogP contribution in [0.5, 0.6) is 0 Å². The lowest BCUT2D eigenvalue weighted by Crippen LogP contribution is -2.11. The van der Waals surface area contributed by atoms with Gasteiger partial charge in [0, 0.05) is 12.1 Å². The molecular formula is C18H12N2O5. The minimum Gasteiger partial charge on any atom is -0.340 e. The third-order valence-corrected chi connectivity index (χ3v) is 3.41. The molecule has 7 nitrogen and oxygen atoms in total. The van der Waals surface area contributed by atoms with Crippen molar-refractivity contribution in [2.24, 2.45) is 0 Å². The average molecular weight is 336 g/mol. The van der Waals surface area contributed by atoms with Gasteiger partial charge in [-0.15, -0.1) is 12.8 Å². The minimum atomic E-state index is -1.14. The van der Waals surface area contributed by atoms with Crippen LogP contribution in [0.2, 0.25) is 0 Å². The van der Waals surface area contributed by atoms with E-state index in [4.69, 9.17) is 17.6 Å². The summed E-state index contributed by atoms with van der Waals surface area (Å²) in [4.78, 5) is 21.2. The smallest absolute Gasteiger partial charge is 0.276 e. The Balaban J connectivity index is 2.42. The molecule has 0 saturated heterocycles. The van der Waals surface area contributed by atoms with E-state index in [1.54, 1.807) is 12.1 Å². The third kappa shape index (κ3) is 3.81. The fourth-order valence-corrected chi connectivity index (χ4v) is 2.29. The Morgan fingerprint density at radius 2 is 1.16 bits per heavy atom. The van der Waals surface area contributed by atoms with E-state index in [1.165, 1.54) is 36.4 Å². The van der Waals surface area contributed by atoms with Gasteiger partial charge in [0.1, 0.15) is 0 Å². The Kier molecular flexibility index (Phi) is 5.47. The van der Waals surface area contributed by atoms with Gasteiger partial charge in [0.05, 0.1) is 21.0 Å². The predicted molar refractivity (Wildman–Crippen MR) is 90.4 cm³/mol. The molecule has 2 aromatic rings. The summed E-state index contributed by atoms with van der Waals surface area (Å²) in [6, 6.07) is 11.6. The Labute approximate surface area is 143 Å². The fraction of sp³-hybridized carbons (Fsp3) is 0.111. The second-order valence-corrected chi connectivity index (χ2v) is 4.86. The highest BCUT2D eigenvalue weighted by Gasteiger charge is 2.27. The molecule has 0 bridgehead atoms. The maximum atomic E-state index is 11.2. The first-order valence-electron chi connectivity index (χ1n) is 7.04. The van der Waals surface area contributed by atoms with Gasteiger partial charge < -0.3 is 4.74 Å². The first-order chi connectivity index (χ1) is 12.0. The highest BCUT2D eigenvalue weighted by Crippen LogP contribution is 2.34. The summed E-state index contributed by atoms with van der Waals surface area (Å²) < 4.78 is 5.62. The number of para-hydroxylation sites is 2. The number of rotatable bonds is 6. The molecule has 0 amide bonds. The molecule has 2 atom stereocenters. The topological polar surface area (TPSA) is 95.5 Å². The van der Waals surface area contributed by atoms with Crippen LogP contribution < -0.4 is 0 Å². The van der Waals surface area contributed by atoms with Crippen LogP contribution in [-0.4, -0.2) is 9.85 Å². The van der Waals surface area contributed by atoms with Crippen molar-refractivity contribution < 1.29 is 14.6 Å². The molecule has 0 aliphatic rings. The van der Waals surface area contributed by atoms with Crippen LogP contribution in [0.25, 0.3) is 0 Å². The summed E-state index contributed by atoms with van der Waals surface area (Å²) in [6.07, 6.45) is 8.63. The third-order valence-electron chi connectivity index (χ3n) is 3.41. The summed E-state index contributed by atoms with van der Waals surface area (Å²) >= 11 is 0. The van der Waals surface area contributed by atoms with Gasteiger partial charge in [-0.1, -0.05) is 36.1 Å². The molecule has 0 fully saturated rings. The molecular weight excluding hydrogens is 324 g/mol. The molecule has 2 rings (SSSR count). The normalized spacial score (nSPS) is 12.4. The molecule has 0 aromatic heterocycles. The van der Waals surface area contributed by atoms with E-state index < -0.39 is 22.1 Å². The number of nitrogens with zero attached hydrogens (tertiary/aromatic N) is 2. The van der Waals surface area contributed by atoms with Crippen molar-refractivity contribution in [2.75, 3.05) is 0 Å². The van der Waals surface area contributed by atoms with E-state index in [-0.39, 0.29) is 22.5 Å². The maximum Gasteiger partial charge on any atom is 0.276 e. The predicted octanol–water partition coefficient (Wildman–Crippen LogP) is 3.57. The second kappa shape index (κ2) is 7.73. The van der Waals surface area contributed by atoms with Crippen molar-refractivity contribution in [3.8, 4) is 24.7 Å². The van der Waals surface area contributed by atoms with Crippen LogP contribution in [0.3, 0.4) is 0 Å². The fourth-order valence-electron chi connectivity index (χ4n) is 2.29. The molecule has 0 heterocycles. The largest absolute Gasteiger partial charge is 0.340 e. The van der Waals surface area contributed by atoms with Crippen LogP contribution in [0, 0.1) is 44.9 Å².